The van der Waals surface area contributed by atoms with Gasteiger partial charge >= 0.3 is 0 Å². The number of nitrogens with zero attached hydrogens (tertiary/aromatic N) is 2. The zero-order valence-electron chi connectivity index (χ0n) is 10.4. The van der Waals surface area contributed by atoms with Crippen LogP contribution in [0, 0.1) is 6.92 Å². The van der Waals surface area contributed by atoms with Gasteiger partial charge in [0.1, 0.15) is 5.82 Å². The lowest BCUT2D eigenvalue weighted by Gasteiger charge is -2.05. The SMILES string of the molecule is Cc1cc2cc(CNc3ccnc(Cl)n3)ccc2[nH]1. The summed E-state index contributed by atoms with van der Waals surface area (Å²) in [7, 11) is 0. The maximum Gasteiger partial charge on any atom is 0.224 e. The maximum absolute atomic E-state index is 5.74. The summed E-state index contributed by atoms with van der Waals surface area (Å²) in [5.41, 5.74) is 3.52. The van der Waals surface area contributed by atoms with E-state index in [1.54, 1.807) is 12.3 Å². The fourth-order valence-electron chi connectivity index (χ4n) is 2.06. The lowest BCUT2D eigenvalue weighted by atomic mass is 10.1. The average molecular weight is 273 g/mol. The van der Waals surface area contributed by atoms with Gasteiger partial charge in [-0.1, -0.05) is 6.07 Å². The first-order valence-electron chi connectivity index (χ1n) is 6.01. The molecule has 0 aliphatic carbocycles. The number of H-pyrrole nitrogens is 1. The molecular weight excluding hydrogens is 260 g/mol. The van der Waals surface area contributed by atoms with Crippen LogP contribution in [0.5, 0.6) is 0 Å². The summed E-state index contributed by atoms with van der Waals surface area (Å²) in [6.45, 7) is 2.76. The van der Waals surface area contributed by atoms with Crippen LogP contribution in [-0.4, -0.2) is 15.0 Å². The third kappa shape index (κ3) is 2.69. The van der Waals surface area contributed by atoms with Crippen molar-refractivity contribution in [3.8, 4) is 0 Å². The number of hydrogen-bond donors (Lipinski definition) is 2. The van der Waals surface area contributed by atoms with Crippen LogP contribution >= 0.6 is 11.6 Å². The number of fused-ring (bicyclic) bond motifs is 1. The zero-order chi connectivity index (χ0) is 13.2. The predicted molar refractivity (Wildman–Crippen MR) is 77.4 cm³/mol. The summed E-state index contributed by atoms with van der Waals surface area (Å²) >= 11 is 5.74. The van der Waals surface area contributed by atoms with Crippen molar-refractivity contribution < 1.29 is 0 Å². The van der Waals surface area contributed by atoms with Gasteiger partial charge in [0.15, 0.2) is 0 Å². The molecule has 3 aromatic rings. The Morgan fingerprint density at radius 3 is 3.00 bits per heavy atom. The van der Waals surface area contributed by atoms with Gasteiger partial charge in [-0.25, -0.2) is 9.97 Å². The highest BCUT2D eigenvalue weighted by molar-refractivity contribution is 6.28. The molecule has 0 saturated carbocycles. The lowest BCUT2D eigenvalue weighted by Crippen LogP contribution is -2.01. The Hall–Kier alpha value is -2.07. The quantitative estimate of drug-likeness (QED) is 0.717. The van der Waals surface area contributed by atoms with E-state index in [9.17, 15) is 0 Å². The Kier molecular flexibility index (Phi) is 3.09. The molecule has 0 atom stereocenters. The van der Waals surface area contributed by atoms with Crippen molar-refractivity contribution in [3.05, 3.63) is 53.1 Å². The molecule has 1 aromatic carbocycles. The highest BCUT2D eigenvalue weighted by atomic mass is 35.5. The lowest BCUT2D eigenvalue weighted by molar-refractivity contribution is 1.08. The molecule has 0 saturated heterocycles. The Morgan fingerprint density at radius 2 is 2.16 bits per heavy atom. The number of halogens is 1. The minimum Gasteiger partial charge on any atom is -0.366 e. The van der Waals surface area contributed by atoms with Gasteiger partial charge in [0.25, 0.3) is 0 Å². The molecular formula is C14H13ClN4. The second-order valence-corrected chi connectivity index (χ2v) is 4.78. The fraction of sp³-hybridized carbons (Fsp3) is 0.143. The van der Waals surface area contributed by atoms with E-state index >= 15 is 0 Å². The van der Waals surface area contributed by atoms with Gasteiger partial charge in [-0.05, 0) is 53.7 Å². The van der Waals surface area contributed by atoms with Gasteiger partial charge in [0.2, 0.25) is 5.28 Å². The molecule has 5 heteroatoms. The molecule has 0 aliphatic heterocycles. The van der Waals surface area contributed by atoms with E-state index in [-0.39, 0.29) is 5.28 Å². The van der Waals surface area contributed by atoms with Gasteiger partial charge in [0, 0.05) is 24.0 Å². The van der Waals surface area contributed by atoms with E-state index in [2.05, 4.69) is 51.5 Å². The minimum absolute atomic E-state index is 0.252. The summed E-state index contributed by atoms with van der Waals surface area (Å²) in [5.74, 6) is 0.727. The summed E-state index contributed by atoms with van der Waals surface area (Å²) in [6, 6.07) is 10.3. The van der Waals surface area contributed by atoms with Gasteiger partial charge in [0.05, 0.1) is 0 Å². The molecule has 0 bridgehead atoms. The molecule has 0 spiro atoms. The van der Waals surface area contributed by atoms with E-state index in [1.165, 1.54) is 16.6 Å². The summed E-state index contributed by atoms with van der Waals surface area (Å²) in [6.07, 6.45) is 1.64. The largest absolute Gasteiger partial charge is 0.366 e. The van der Waals surface area contributed by atoms with Gasteiger partial charge in [-0.3, -0.25) is 0 Å². The van der Waals surface area contributed by atoms with Crippen molar-refractivity contribution in [1.82, 2.24) is 15.0 Å². The standard InChI is InChI=1S/C14H13ClN4/c1-9-6-11-7-10(2-3-12(11)18-9)8-17-13-4-5-16-14(15)19-13/h2-7,18H,8H2,1H3,(H,16,17,19). The van der Waals surface area contributed by atoms with Crippen LogP contribution in [0.4, 0.5) is 5.82 Å². The topological polar surface area (TPSA) is 53.6 Å². The number of anilines is 1. The normalized spacial score (nSPS) is 10.8. The molecule has 19 heavy (non-hydrogen) atoms. The third-order valence-corrected chi connectivity index (χ3v) is 3.10. The van der Waals surface area contributed by atoms with Crippen LogP contribution < -0.4 is 5.32 Å². The van der Waals surface area contributed by atoms with Crippen molar-refractivity contribution >= 4 is 28.3 Å². The first kappa shape index (κ1) is 12.0. The van der Waals surface area contributed by atoms with Crippen molar-refractivity contribution in [2.45, 2.75) is 13.5 Å². The van der Waals surface area contributed by atoms with Gasteiger partial charge in [-0.15, -0.1) is 0 Å². The molecule has 0 radical (unpaired) electrons. The second kappa shape index (κ2) is 4.90. The Bertz CT molecular complexity index is 720. The van der Waals surface area contributed by atoms with Crippen LogP contribution in [0.15, 0.2) is 36.5 Å². The summed E-state index contributed by atoms with van der Waals surface area (Å²) in [5, 5.41) is 4.70. The first-order chi connectivity index (χ1) is 9.20. The second-order valence-electron chi connectivity index (χ2n) is 4.44. The highest BCUT2D eigenvalue weighted by Gasteiger charge is 2.01. The van der Waals surface area contributed by atoms with Crippen molar-refractivity contribution in [2.24, 2.45) is 0 Å². The minimum atomic E-state index is 0.252. The molecule has 2 aromatic heterocycles. The van der Waals surface area contributed by atoms with E-state index in [0.717, 1.165) is 11.3 Å². The Morgan fingerprint density at radius 1 is 1.26 bits per heavy atom. The van der Waals surface area contributed by atoms with E-state index < -0.39 is 0 Å². The van der Waals surface area contributed by atoms with Crippen molar-refractivity contribution in [3.63, 3.8) is 0 Å². The Labute approximate surface area is 115 Å². The first-order valence-corrected chi connectivity index (χ1v) is 6.39. The molecule has 0 aliphatic rings. The number of rotatable bonds is 3. The predicted octanol–water partition coefficient (Wildman–Crippen LogP) is 3.53. The molecule has 0 amide bonds. The van der Waals surface area contributed by atoms with Crippen LogP contribution in [-0.2, 0) is 6.54 Å². The maximum atomic E-state index is 5.74. The van der Waals surface area contributed by atoms with Crippen LogP contribution in [0.3, 0.4) is 0 Å². The number of aromatic amines is 1. The van der Waals surface area contributed by atoms with Crippen molar-refractivity contribution in [1.29, 1.82) is 0 Å². The highest BCUT2D eigenvalue weighted by Crippen LogP contribution is 2.17. The van der Waals surface area contributed by atoms with Gasteiger partial charge < -0.3 is 10.3 Å². The van der Waals surface area contributed by atoms with E-state index in [4.69, 9.17) is 11.6 Å². The molecule has 4 nitrogen and oxygen atoms in total. The summed E-state index contributed by atoms with van der Waals surface area (Å²) in [4.78, 5) is 11.2. The fourth-order valence-corrected chi connectivity index (χ4v) is 2.21. The monoisotopic (exact) mass is 272 g/mol. The molecule has 0 fully saturated rings. The molecule has 2 heterocycles. The van der Waals surface area contributed by atoms with Crippen LogP contribution in [0.2, 0.25) is 5.28 Å². The number of aromatic nitrogens is 3. The number of benzene rings is 1. The van der Waals surface area contributed by atoms with Gasteiger partial charge in [-0.2, -0.15) is 0 Å². The Balaban J connectivity index is 1.78. The van der Waals surface area contributed by atoms with E-state index in [1.807, 2.05) is 0 Å². The number of aryl methyl sites for hydroxylation is 1. The molecule has 2 N–H and O–H groups in total. The zero-order valence-corrected chi connectivity index (χ0v) is 11.2. The number of hydrogen-bond acceptors (Lipinski definition) is 3. The third-order valence-electron chi connectivity index (χ3n) is 2.92. The van der Waals surface area contributed by atoms with Crippen molar-refractivity contribution in [2.75, 3.05) is 5.32 Å². The van der Waals surface area contributed by atoms with E-state index in [0.29, 0.717) is 6.54 Å². The smallest absolute Gasteiger partial charge is 0.224 e. The average Bonchev–Trinajstić information content (AvgIpc) is 2.75. The molecule has 96 valence electrons. The molecule has 0 unspecified atom stereocenters. The number of nitrogens with one attached hydrogen (secondary N) is 2. The molecule has 3 rings (SSSR count). The van der Waals surface area contributed by atoms with Crippen LogP contribution in [0.25, 0.3) is 10.9 Å². The summed E-state index contributed by atoms with van der Waals surface area (Å²) < 4.78 is 0. The van der Waals surface area contributed by atoms with Crippen LogP contribution in [0.1, 0.15) is 11.3 Å².